The Morgan fingerprint density at radius 3 is 2.82 bits per heavy atom. The molecule has 166 valence electrons. The lowest BCUT2D eigenvalue weighted by atomic mass is 10.2. The molecule has 1 aromatic carbocycles. The molecule has 4 aromatic heterocycles. The number of alkyl halides is 1. The zero-order chi connectivity index (χ0) is 22.9. The molecule has 1 unspecified atom stereocenters. The van der Waals surface area contributed by atoms with Crippen LogP contribution < -0.4 is 16.3 Å². The molecule has 10 nitrogen and oxygen atoms in total. The van der Waals surface area contributed by atoms with E-state index in [0.29, 0.717) is 11.2 Å². The number of rotatable bonds is 6. The van der Waals surface area contributed by atoms with E-state index in [2.05, 4.69) is 40.6 Å². The lowest BCUT2D eigenvalue weighted by molar-refractivity contribution is 0.435. The lowest BCUT2D eigenvalue weighted by Crippen LogP contribution is -2.35. The molecule has 0 saturated heterocycles. The van der Waals surface area contributed by atoms with Gasteiger partial charge in [-0.3, -0.25) is 10.2 Å². The van der Waals surface area contributed by atoms with E-state index >= 15 is 0 Å². The molecule has 1 atom stereocenters. The summed E-state index contributed by atoms with van der Waals surface area (Å²) in [6, 6.07) is 6.17. The van der Waals surface area contributed by atoms with Gasteiger partial charge in [0.2, 0.25) is 0 Å². The molecule has 0 aliphatic carbocycles. The molecule has 0 fully saturated rings. The van der Waals surface area contributed by atoms with Crippen LogP contribution in [-0.2, 0) is 0 Å². The molecule has 3 N–H and O–H groups in total. The molecule has 0 radical (unpaired) electrons. The van der Waals surface area contributed by atoms with Crippen LogP contribution in [0.5, 0.6) is 0 Å². The zero-order valence-corrected chi connectivity index (χ0v) is 17.4. The second-order valence-corrected chi connectivity index (χ2v) is 7.30. The van der Waals surface area contributed by atoms with Gasteiger partial charge in [-0.2, -0.15) is 0 Å². The highest BCUT2D eigenvalue weighted by Gasteiger charge is 2.23. The third kappa shape index (κ3) is 3.80. The number of hydrogen-bond donors (Lipinski definition) is 3. The molecule has 0 spiro atoms. The number of H-pyrrole nitrogens is 1. The minimum absolute atomic E-state index is 0.00494. The van der Waals surface area contributed by atoms with E-state index in [-0.39, 0.29) is 33.4 Å². The molecule has 4 heterocycles. The van der Waals surface area contributed by atoms with Crippen LogP contribution in [-0.4, -0.2) is 41.3 Å². The van der Waals surface area contributed by atoms with Crippen molar-refractivity contribution in [2.24, 2.45) is 0 Å². The molecular weight excluding hydrogens is 456 g/mol. The fourth-order valence-electron chi connectivity index (χ4n) is 3.32. The van der Waals surface area contributed by atoms with Gasteiger partial charge in [0.1, 0.15) is 36.2 Å². The number of anilines is 2. The minimum atomic E-state index is -1.12. The van der Waals surface area contributed by atoms with Crippen molar-refractivity contribution in [3.05, 3.63) is 76.2 Å². The van der Waals surface area contributed by atoms with E-state index in [1.54, 1.807) is 18.2 Å². The van der Waals surface area contributed by atoms with Crippen molar-refractivity contribution >= 4 is 45.3 Å². The Balaban J connectivity index is 1.66. The highest BCUT2D eigenvalue weighted by atomic mass is 35.5. The van der Waals surface area contributed by atoms with E-state index in [0.717, 1.165) is 10.9 Å². The van der Waals surface area contributed by atoms with Gasteiger partial charge in [0, 0.05) is 0 Å². The van der Waals surface area contributed by atoms with E-state index in [1.807, 2.05) is 0 Å². The number of imidazole rings is 1. The largest absolute Gasteiger partial charge is 0.356 e. The van der Waals surface area contributed by atoms with E-state index in [4.69, 9.17) is 11.6 Å². The summed E-state index contributed by atoms with van der Waals surface area (Å²) < 4.78 is 28.7. The summed E-state index contributed by atoms with van der Waals surface area (Å²) in [7, 11) is 0. The van der Waals surface area contributed by atoms with Gasteiger partial charge in [0.05, 0.1) is 28.4 Å². The number of fused-ring (bicyclic) bond motifs is 2. The molecule has 33 heavy (non-hydrogen) atoms. The Kier molecular flexibility index (Phi) is 5.26. The standard InChI is InChI=1S/C20H14ClF2N9O/c21-11-2-1-3-12-15(11)20(33)32(31-14-5-4-10(23)7-24-14)19(30-12)13(6-22)29-18-16-17(26-8-25-16)27-9-28-18/h1-5,7-9,13H,6H2,(H,24,31)(H2,25,26,27,28,29). The van der Waals surface area contributed by atoms with Gasteiger partial charge in [0.25, 0.3) is 5.56 Å². The number of nitrogens with zero attached hydrogens (tertiary/aromatic N) is 6. The third-order valence-corrected chi connectivity index (χ3v) is 5.14. The maximum atomic E-state index is 14.3. The molecule has 5 rings (SSSR count). The molecule has 0 amide bonds. The summed E-state index contributed by atoms with van der Waals surface area (Å²) in [5.41, 5.74) is 3.31. The summed E-state index contributed by atoms with van der Waals surface area (Å²) in [5, 5.41) is 3.25. The van der Waals surface area contributed by atoms with E-state index < -0.39 is 24.1 Å². The van der Waals surface area contributed by atoms with Crippen molar-refractivity contribution in [3.8, 4) is 0 Å². The maximum absolute atomic E-state index is 14.3. The summed E-state index contributed by atoms with van der Waals surface area (Å²) >= 11 is 6.24. The molecule has 13 heteroatoms. The first-order chi connectivity index (χ1) is 16.0. The summed E-state index contributed by atoms with van der Waals surface area (Å²) in [4.78, 5) is 36.9. The second-order valence-electron chi connectivity index (χ2n) is 6.89. The van der Waals surface area contributed by atoms with Gasteiger partial charge < -0.3 is 10.3 Å². The first-order valence-corrected chi connectivity index (χ1v) is 9.99. The van der Waals surface area contributed by atoms with Crippen LogP contribution in [0.25, 0.3) is 22.1 Å². The van der Waals surface area contributed by atoms with Crippen LogP contribution in [0.15, 0.2) is 54.0 Å². The van der Waals surface area contributed by atoms with Gasteiger partial charge in [0.15, 0.2) is 17.3 Å². The predicted octanol–water partition coefficient (Wildman–Crippen LogP) is 3.25. The van der Waals surface area contributed by atoms with Crippen LogP contribution in [0.4, 0.5) is 20.4 Å². The van der Waals surface area contributed by atoms with Crippen LogP contribution >= 0.6 is 11.6 Å². The van der Waals surface area contributed by atoms with Gasteiger partial charge in [-0.15, -0.1) is 0 Å². The average Bonchev–Trinajstić information content (AvgIpc) is 3.30. The average molecular weight is 470 g/mol. The SMILES string of the molecule is O=c1c2c(Cl)cccc2nc(C(CF)Nc2ncnc3nc[nH]c23)n1Nc1ccc(F)cn1. The highest BCUT2D eigenvalue weighted by molar-refractivity contribution is 6.35. The highest BCUT2D eigenvalue weighted by Crippen LogP contribution is 2.25. The van der Waals surface area contributed by atoms with Gasteiger partial charge in [-0.1, -0.05) is 17.7 Å². The molecule has 0 bridgehead atoms. The van der Waals surface area contributed by atoms with Crippen LogP contribution in [0.2, 0.25) is 5.02 Å². The van der Waals surface area contributed by atoms with Crippen molar-refractivity contribution < 1.29 is 8.78 Å². The summed E-state index contributed by atoms with van der Waals surface area (Å²) in [6.45, 7) is -0.948. The molecule has 5 aromatic rings. The van der Waals surface area contributed by atoms with Gasteiger partial charge >= 0.3 is 0 Å². The number of benzene rings is 1. The van der Waals surface area contributed by atoms with E-state index in [1.165, 1.54) is 24.8 Å². The number of aromatic nitrogens is 7. The fourth-order valence-corrected chi connectivity index (χ4v) is 3.57. The fraction of sp³-hybridized carbons (Fsp3) is 0.100. The lowest BCUT2D eigenvalue weighted by Gasteiger charge is -2.21. The van der Waals surface area contributed by atoms with Crippen molar-refractivity contribution in [3.63, 3.8) is 0 Å². The van der Waals surface area contributed by atoms with Crippen LogP contribution in [0, 0.1) is 5.82 Å². The van der Waals surface area contributed by atoms with Gasteiger partial charge in [-0.25, -0.2) is 38.4 Å². The number of halogens is 3. The number of hydrogen-bond acceptors (Lipinski definition) is 8. The number of aromatic amines is 1. The van der Waals surface area contributed by atoms with Crippen molar-refractivity contribution in [1.82, 2.24) is 34.6 Å². The molecule has 0 aliphatic rings. The Morgan fingerprint density at radius 1 is 1.15 bits per heavy atom. The molecule has 0 aliphatic heterocycles. The Bertz CT molecular complexity index is 1520. The number of pyridine rings is 1. The predicted molar refractivity (Wildman–Crippen MR) is 118 cm³/mol. The maximum Gasteiger partial charge on any atom is 0.281 e. The Morgan fingerprint density at radius 2 is 2.03 bits per heavy atom. The summed E-state index contributed by atoms with van der Waals surface area (Å²) in [5.74, 6) is -0.145. The Hall–Kier alpha value is -4.19. The minimum Gasteiger partial charge on any atom is -0.356 e. The first-order valence-electron chi connectivity index (χ1n) is 9.61. The van der Waals surface area contributed by atoms with Crippen molar-refractivity contribution in [2.75, 3.05) is 17.4 Å². The van der Waals surface area contributed by atoms with Crippen molar-refractivity contribution in [1.29, 1.82) is 0 Å². The van der Waals surface area contributed by atoms with E-state index in [9.17, 15) is 13.6 Å². The number of nitrogens with one attached hydrogen (secondary N) is 3. The Labute approximate surface area is 188 Å². The molecule has 0 saturated carbocycles. The molecular formula is C20H14ClF2N9O. The second kappa shape index (κ2) is 8.39. The summed E-state index contributed by atoms with van der Waals surface area (Å²) in [6.07, 6.45) is 3.69. The smallest absolute Gasteiger partial charge is 0.281 e. The monoisotopic (exact) mass is 469 g/mol. The van der Waals surface area contributed by atoms with Crippen LogP contribution in [0.3, 0.4) is 0 Å². The quantitative estimate of drug-likeness (QED) is 0.346. The van der Waals surface area contributed by atoms with Crippen molar-refractivity contribution in [2.45, 2.75) is 6.04 Å². The zero-order valence-electron chi connectivity index (χ0n) is 16.6. The topological polar surface area (TPSA) is 126 Å². The van der Waals surface area contributed by atoms with Crippen LogP contribution in [0.1, 0.15) is 11.9 Å². The third-order valence-electron chi connectivity index (χ3n) is 4.83. The normalized spacial score (nSPS) is 12.2. The first kappa shape index (κ1) is 20.7. The van der Waals surface area contributed by atoms with Gasteiger partial charge in [-0.05, 0) is 24.3 Å².